The van der Waals surface area contributed by atoms with Crippen LogP contribution in [0.1, 0.15) is 13.8 Å². The number of fused-ring (bicyclic) bond motifs is 1. The lowest BCUT2D eigenvalue weighted by Crippen LogP contribution is -2.42. The largest absolute Gasteiger partial charge is 0.507 e. The van der Waals surface area contributed by atoms with Crippen molar-refractivity contribution < 1.29 is 19.4 Å². The van der Waals surface area contributed by atoms with Crippen LogP contribution in [-0.4, -0.2) is 64.8 Å². The van der Waals surface area contributed by atoms with Crippen molar-refractivity contribution >= 4 is 33.3 Å². The van der Waals surface area contributed by atoms with Gasteiger partial charge in [-0.1, -0.05) is 0 Å². The molecular formula is C21H24N4O4S. The molecule has 0 bridgehead atoms. The number of carbonyl (C=O) groups excluding carboxylic acids is 1. The molecule has 158 valence electrons. The first-order valence-electron chi connectivity index (χ1n) is 9.84. The van der Waals surface area contributed by atoms with Crippen molar-refractivity contribution in [3.05, 3.63) is 29.6 Å². The van der Waals surface area contributed by atoms with Gasteiger partial charge in [-0.2, -0.15) is 0 Å². The quantitative estimate of drug-likeness (QED) is 0.623. The minimum absolute atomic E-state index is 0.0481. The zero-order chi connectivity index (χ0) is 21.1. The summed E-state index contributed by atoms with van der Waals surface area (Å²) in [5, 5.41) is 17.0. The van der Waals surface area contributed by atoms with E-state index >= 15 is 0 Å². The monoisotopic (exact) mass is 428 g/mol. The van der Waals surface area contributed by atoms with Crippen molar-refractivity contribution in [2.75, 3.05) is 38.2 Å². The van der Waals surface area contributed by atoms with E-state index in [-0.39, 0.29) is 24.3 Å². The van der Waals surface area contributed by atoms with Crippen LogP contribution in [0.3, 0.4) is 0 Å². The number of carbonyl (C=O) groups is 1. The van der Waals surface area contributed by atoms with E-state index in [1.54, 1.807) is 29.2 Å². The molecule has 3 heterocycles. The number of hydrogen-bond donors (Lipinski definition) is 2. The summed E-state index contributed by atoms with van der Waals surface area (Å²) in [5.41, 5.74) is 1.84. The van der Waals surface area contributed by atoms with Gasteiger partial charge in [-0.15, -0.1) is 11.3 Å². The normalized spacial score (nSPS) is 14.3. The van der Waals surface area contributed by atoms with E-state index in [1.807, 2.05) is 19.2 Å². The Labute approximate surface area is 178 Å². The molecule has 2 aromatic heterocycles. The van der Waals surface area contributed by atoms with Gasteiger partial charge in [0, 0.05) is 42.0 Å². The number of nitrogens with zero attached hydrogens (tertiary/aromatic N) is 3. The second-order valence-corrected chi connectivity index (χ2v) is 8.18. The van der Waals surface area contributed by atoms with Gasteiger partial charge in [0.1, 0.15) is 17.2 Å². The number of aromatic hydroxyl groups is 1. The molecule has 0 spiro atoms. The van der Waals surface area contributed by atoms with E-state index in [0.717, 1.165) is 5.13 Å². The van der Waals surface area contributed by atoms with Crippen LogP contribution >= 0.6 is 11.3 Å². The number of rotatable bonds is 6. The number of morpholine rings is 1. The fourth-order valence-electron chi connectivity index (χ4n) is 3.16. The summed E-state index contributed by atoms with van der Waals surface area (Å²) in [7, 11) is 0. The third-order valence-electron chi connectivity index (χ3n) is 4.66. The Morgan fingerprint density at radius 1 is 1.27 bits per heavy atom. The first kappa shape index (κ1) is 20.4. The molecule has 0 aliphatic carbocycles. The molecule has 2 N–H and O–H groups in total. The van der Waals surface area contributed by atoms with Crippen molar-refractivity contribution in [1.82, 2.24) is 14.9 Å². The number of thiazole rings is 1. The Morgan fingerprint density at radius 2 is 2.07 bits per heavy atom. The van der Waals surface area contributed by atoms with Crippen molar-refractivity contribution in [2.24, 2.45) is 0 Å². The predicted octanol–water partition coefficient (Wildman–Crippen LogP) is 3.12. The van der Waals surface area contributed by atoms with Gasteiger partial charge in [-0.05, 0) is 26.0 Å². The minimum atomic E-state index is -0.0735. The highest BCUT2D eigenvalue weighted by molar-refractivity contribution is 7.14. The molecule has 0 saturated carbocycles. The molecule has 3 aromatic rings. The Morgan fingerprint density at radius 3 is 2.83 bits per heavy atom. The molecule has 1 aliphatic rings. The number of benzene rings is 1. The first-order chi connectivity index (χ1) is 14.5. The summed E-state index contributed by atoms with van der Waals surface area (Å²) < 4.78 is 11.0. The smallest absolute Gasteiger partial charge is 0.260 e. The SMILES string of the molecule is CC(C)Nc1nc(-c2cc(O)c3ccc(OCC(=O)N4CCOCC4)cc3n2)cs1. The van der Waals surface area contributed by atoms with Crippen LogP contribution in [0, 0.1) is 0 Å². The molecule has 1 saturated heterocycles. The highest BCUT2D eigenvalue weighted by atomic mass is 32.1. The van der Waals surface area contributed by atoms with Gasteiger partial charge in [-0.25, -0.2) is 9.97 Å². The van der Waals surface area contributed by atoms with Crippen LogP contribution in [0.5, 0.6) is 11.5 Å². The number of pyridine rings is 1. The highest BCUT2D eigenvalue weighted by Crippen LogP contribution is 2.32. The average molecular weight is 429 g/mol. The first-order valence-corrected chi connectivity index (χ1v) is 10.7. The molecule has 4 rings (SSSR count). The molecule has 1 amide bonds. The number of nitrogens with one attached hydrogen (secondary N) is 1. The second kappa shape index (κ2) is 8.85. The predicted molar refractivity (Wildman–Crippen MR) is 116 cm³/mol. The molecule has 30 heavy (non-hydrogen) atoms. The summed E-state index contributed by atoms with van der Waals surface area (Å²) in [6.45, 7) is 6.32. The maximum absolute atomic E-state index is 12.3. The van der Waals surface area contributed by atoms with Gasteiger partial charge >= 0.3 is 0 Å². The molecule has 9 heteroatoms. The number of anilines is 1. The lowest BCUT2D eigenvalue weighted by Gasteiger charge is -2.26. The highest BCUT2D eigenvalue weighted by Gasteiger charge is 2.17. The van der Waals surface area contributed by atoms with Crippen LogP contribution in [0.15, 0.2) is 29.6 Å². The third-order valence-corrected chi connectivity index (χ3v) is 5.44. The molecule has 8 nitrogen and oxygen atoms in total. The number of amides is 1. The summed E-state index contributed by atoms with van der Waals surface area (Å²) in [6.07, 6.45) is 0. The maximum Gasteiger partial charge on any atom is 0.260 e. The molecule has 1 aromatic carbocycles. The van der Waals surface area contributed by atoms with Crippen molar-refractivity contribution in [3.8, 4) is 22.9 Å². The standard InChI is InChI=1S/C21H24N4O4S/c1-13(2)22-21-24-18(12-30-21)17-10-19(26)15-4-3-14(9-16(15)23-17)29-11-20(27)25-5-7-28-8-6-25/h3-4,9-10,12-13H,5-8,11H2,1-2H3,(H,22,24)(H,23,26). The lowest BCUT2D eigenvalue weighted by atomic mass is 10.1. The molecule has 0 atom stereocenters. The van der Waals surface area contributed by atoms with Gasteiger partial charge in [-0.3, -0.25) is 4.79 Å². The minimum Gasteiger partial charge on any atom is -0.507 e. The summed E-state index contributed by atoms with van der Waals surface area (Å²) in [5.74, 6) is 0.571. The van der Waals surface area contributed by atoms with E-state index in [9.17, 15) is 9.90 Å². The van der Waals surface area contributed by atoms with Gasteiger partial charge < -0.3 is 24.8 Å². The van der Waals surface area contributed by atoms with Gasteiger partial charge in [0.2, 0.25) is 0 Å². The summed E-state index contributed by atoms with van der Waals surface area (Å²) >= 11 is 1.49. The van der Waals surface area contributed by atoms with Gasteiger partial charge in [0.05, 0.1) is 24.4 Å². The van der Waals surface area contributed by atoms with Gasteiger partial charge in [0.25, 0.3) is 5.91 Å². The van der Waals surface area contributed by atoms with Crippen LogP contribution in [0.4, 0.5) is 5.13 Å². The van der Waals surface area contributed by atoms with E-state index in [0.29, 0.717) is 54.3 Å². The van der Waals surface area contributed by atoms with Crippen molar-refractivity contribution in [3.63, 3.8) is 0 Å². The number of hydrogen-bond acceptors (Lipinski definition) is 8. The number of ether oxygens (including phenoxy) is 2. The van der Waals surface area contributed by atoms with Crippen LogP contribution < -0.4 is 10.1 Å². The maximum atomic E-state index is 12.3. The lowest BCUT2D eigenvalue weighted by molar-refractivity contribution is -0.137. The third kappa shape index (κ3) is 4.63. The zero-order valence-corrected chi connectivity index (χ0v) is 17.7. The van der Waals surface area contributed by atoms with E-state index in [2.05, 4.69) is 15.3 Å². The van der Waals surface area contributed by atoms with Gasteiger partial charge in [0.15, 0.2) is 11.7 Å². The van der Waals surface area contributed by atoms with Crippen LogP contribution in [0.25, 0.3) is 22.3 Å². The Kier molecular flexibility index (Phi) is 6.01. The Balaban J connectivity index is 1.52. The van der Waals surface area contributed by atoms with Crippen LogP contribution in [-0.2, 0) is 9.53 Å². The fourth-order valence-corrected chi connectivity index (χ4v) is 4.02. The Hall–Kier alpha value is -2.91. The van der Waals surface area contributed by atoms with Crippen molar-refractivity contribution in [1.29, 1.82) is 0 Å². The summed E-state index contributed by atoms with van der Waals surface area (Å²) in [4.78, 5) is 23.2. The number of aromatic nitrogens is 2. The molecule has 0 radical (unpaired) electrons. The van der Waals surface area contributed by atoms with E-state index in [1.165, 1.54) is 11.3 Å². The van der Waals surface area contributed by atoms with E-state index < -0.39 is 0 Å². The Bertz CT molecular complexity index is 1050. The van der Waals surface area contributed by atoms with Crippen molar-refractivity contribution in [2.45, 2.75) is 19.9 Å². The van der Waals surface area contributed by atoms with Crippen LogP contribution in [0.2, 0.25) is 0 Å². The van der Waals surface area contributed by atoms with E-state index in [4.69, 9.17) is 9.47 Å². The second-order valence-electron chi connectivity index (χ2n) is 7.32. The summed E-state index contributed by atoms with van der Waals surface area (Å²) in [6, 6.07) is 7.08. The zero-order valence-electron chi connectivity index (χ0n) is 16.9. The molecule has 1 aliphatic heterocycles. The topological polar surface area (TPSA) is 96.8 Å². The average Bonchev–Trinajstić information content (AvgIpc) is 3.20. The fraction of sp³-hybridized carbons (Fsp3) is 0.381. The molecular weight excluding hydrogens is 404 g/mol. The molecule has 0 unspecified atom stereocenters. The molecule has 1 fully saturated rings.